The average Bonchev–Trinajstić information content (AvgIpc) is 3.85. The van der Waals surface area contributed by atoms with E-state index in [9.17, 15) is 22.8 Å². The van der Waals surface area contributed by atoms with Crippen LogP contribution in [0.4, 0.5) is 4.79 Å². The van der Waals surface area contributed by atoms with Gasteiger partial charge in [0.2, 0.25) is 11.8 Å². The zero-order chi connectivity index (χ0) is 44.9. The summed E-state index contributed by atoms with van der Waals surface area (Å²) in [5, 5.41) is 4.37. The lowest BCUT2D eigenvalue weighted by Crippen LogP contribution is -2.59. The molecule has 5 aliphatic rings. The van der Waals surface area contributed by atoms with Crippen LogP contribution in [0, 0.1) is 11.8 Å². The van der Waals surface area contributed by atoms with E-state index in [0.717, 1.165) is 62.1 Å². The molecule has 15 nitrogen and oxygen atoms in total. The van der Waals surface area contributed by atoms with Gasteiger partial charge in [0, 0.05) is 53.9 Å². The first-order valence-corrected chi connectivity index (χ1v) is 24.7. The van der Waals surface area contributed by atoms with E-state index in [2.05, 4.69) is 16.6 Å². The first-order chi connectivity index (χ1) is 30.8. The van der Waals surface area contributed by atoms with E-state index < -0.39 is 57.4 Å². The Labute approximate surface area is 377 Å². The zero-order valence-corrected chi connectivity index (χ0v) is 38.1. The van der Waals surface area contributed by atoms with Crippen LogP contribution in [0.15, 0.2) is 72.1 Å². The van der Waals surface area contributed by atoms with Gasteiger partial charge in [0.05, 0.1) is 29.8 Å². The van der Waals surface area contributed by atoms with E-state index in [4.69, 9.17) is 19.4 Å². The maximum atomic E-state index is 15.1. The second-order valence-corrected chi connectivity index (χ2v) is 20.8. The van der Waals surface area contributed by atoms with Gasteiger partial charge in [-0.1, -0.05) is 51.0 Å². The number of hydrogen-bond acceptors (Lipinski definition) is 11. The first-order valence-electron chi connectivity index (χ1n) is 22.4. The van der Waals surface area contributed by atoms with Crippen LogP contribution in [0.3, 0.4) is 0 Å². The molecule has 0 spiro atoms. The summed E-state index contributed by atoms with van der Waals surface area (Å²) in [7, 11) is -2.69. The number of carbonyl (C=O) groups excluding carboxylic acids is 4. The zero-order valence-electron chi connectivity index (χ0n) is 36.5. The standard InChI is InChI=1S/C47H55N7O8S2/c1-5-29-26-47(29,45(57)51-64(59,60)33-15-7-6-8-16-33)50-42(55)38-24-32(27-54(38)44(56)41(28(2)3)53-22-21-52(46(53)58)30-13-9-10-14-30)62-39-25-37(43-49-35-17-11-12-18-40(35)63-43)48-36-23-31(61-4)19-20-34(36)39/h5-8,15-16,19-20,23,25,28-30,32,38,41H,1,9-14,17-18,21-22,24,26-27H2,2-4H3,(H,50,55)(H,51,57)/t29-,32-,38+,41+,47-/m1/s1. The number of hydrogen-bond donors (Lipinski definition) is 2. The summed E-state index contributed by atoms with van der Waals surface area (Å²) in [6.45, 7) is 8.55. The molecule has 5 amide bonds. The van der Waals surface area contributed by atoms with Crippen LogP contribution in [0.1, 0.15) is 75.8 Å². The van der Waals surface area contributed by atoms with Crippen LogP contribution < -0.4 is 19.5 Å². The van der Waals surface area contributed by atoms with Gasteiger partial charge in [0.1, 0.15) is 45.9 Å². The highest BCUT2D eigenvalue weighted by Gasteiger charge is 2.61. The molecule has 5 atom stereocenters. The van der Waals surface area contributed by atoms with Gasteiger partial charge in [-0.25, -0.2) is 27.9 Å². The van der Waals surface area contributed by atoms with Crippen LogP contribution in [-0.2, 0) is 37.2 Å². The fourth-order valence-corrected chi connectivity index (χ4v) is 12.2. The van der Waals surface area contributed by atoms with Crippen molar-refractivity contribution in [2.45, 2.75) is 113 Å². The third-order valence-electron chi connectivity index (χ3n) is 13.6. The molecule has 2 N–H and O–H groups in total. The molecule has 64 heavy (non-hydrogen) atoms. The van der Waals surface area contributed by atoms with Gasteiger partial charge < -0.3 is 29.5 Å². The number of fused-ring (bicyclic) bond motifs is 2. The molecule has 3 aliphatic carbocycles. The Morgan fingerprint density at radius 3 is 2.47 bits per heavy atom. The van der Waals surface area contributed by atoms with E-state index in [1.807, 2.05) is 43.0 Å². The third-order valence-corrected chi connectivity index (χ3v) is 16.1. The SMILES string of the molecule is C=C[C@@H]1C[C@]1(NC(=O)[C@@H]1C[C@@H](Oc2cc(-c3nc4c(s3)CCCC4)nc3cc(OC)ccc23)CN1C(=O)[C@H](C(C)C)N1CCN(C2CCCC2)C1=O)C(=O)NS(=O)(=O)c1ccccc1. The van der Waals surface area contributed by atoms with Gasteiger partial charge in [-0.2, -0.15) is 0 Å². The van der Waals surface area contributed by atoms with Crippen molar-refractivity contribution in [1.82, 2.24) is 34.7 Å². The minimum atomic E-state index is -4.28. The number of rotatable bonds is 14. The molecule has 0 radical (unpaired) electrons. The molecule has 0 unspecified atom stereocenters. The lowest BCUT2D eigenvalue weighted by molar-refractivity contribution is -0.143. The third kappa shape index (κ3) is 8.20. The Morgan fingerprint density at radius 1 is 1.00 bits per heavy atom. The highest BCUT2D eigenvalue weighted by Crippen LogP contribution is 2.46. The molecule has 17 heteroatoms. The number of aromatic nitrogens is 2. The summed E-state index contributed by atoms with van der Waals surface area (Å²) in [6.07, 6.45) is 9.06. The monoisotopic (exact) mass is 909 g/mol. The van der Waals surface area contributed by atoms with E-state index in [0.29, 0.717) is 41.2 Å². The second kappa shape index (κ2) is 17.4. The number of nitrogens with one attached hydrogen (secondary N) is 2. The Bertz CT molecular complexity index is 2570. The number of benzene rings is 2. The summed E-state index contributed by atoms with van der Waals surface area (Å²) >= 11 is 1.63. The molecule has 4 heterocycles. The Kier molecular flexibility index (Phi) is 11.9. The van der Waals surface area contributed by atoms with Crippen LogP contribution in [0.25, 0.3) is 21.6 Å². The molecule has 338 valence electrons. The smallest absolute Gasteiger partial charge is 0.321 e. The minimum Gasteiger partial charge on any atom is -0.497 e. The molecule has 4 fully saturated rings. The summed E-state index contributed by atoms with van der Waals surface area (Å²) in [4.78, 5) is 74.1. The molecule has 0 bridgehead atoms. The molecule has 2 aromatic heterocycles. The highest BCUT2D eigenvalue weighted by molar-refractivity contribution is 7.90. The Hall–Kier alpha value is -5.55. The number of carbonyl (C=O) groups is 4. The average molecular weight is 910 g/mol. The molecule has 2 saturated carbocycles. The van der Waals surface area contributed by atoms with Gasteiger partial charge >= 0.3 is 6.03 Å². The second-order valence-electron chi connectivity index (χ2n) is 18.0. The number of likely N-dealkylation sites (tertiary alicyclic amines) is 1. The van der Waals surface area contributed by atoms with Crippen molar-refractivity contribution >= 4 is 56.0 Å². The van der Waals surface area contributed by atoms with Crippen LogP contribution >= 0.6 is 11.3 Å². The predicted molar refractivity (Wildman–Crippen MR) is 241 cm³/mol. The number of pyridine rings is 1. The van der Waals surface area contributed by atoms with Crippen LogP contribution in [-0.4, -0.2) is 113 Å². The molecular formula is C47H55N7O8S2. The van der Waals surface area contributed by atoms with Crippen molar-refractivity contribution in [2.24, 2.45) is 11.8 Å². The number of aryl methyl sites for hydroxylation is 2. The molecular weight excluding hydrogens is 855 g/mol. The van der Waals surface area contributed by atoms with E-state index in [1.54, 1.807) is 41.5 Å². The number of nitrogens with zero attached hydrogens (tertiary/aromatic N) is 5. The maximum absolute atomic E-state index is 15.1. The molecule has 2 saturated heterocycles. The van der Waals surface area contributed by atoms with Gasteiger partial charge in [-0.15, -0.1) is 17.9 Å². The van der Waals surface area contributed by atoms with Crippen molar-refractivity contribution in [3.63, 3.8) is 0 Å². The number of urea groups is 1. The van der Waals surface area contributed by atoms with E-state index in [-0.39, 0.29) is 42.3 Å². The van der Waals surface area contributed by atoms with E-state index >= 15 is 4.79 Å². The normalized spacial score (nSPS) is 23.9. The quantitative estimate of drug-likeness (QED) is 0.146. The van der Waals surface area contributed by atoms with Crippen molar-refractivity contribution < 1.29 is 37.1 Å². The lowest BCUT2D eigenvalue weighted by atomic mass is 10.0. The van der Waals surface area contributed by atoms with Gasteiger partial charge in [0.25, 0.3) is 15.9 Å². The predicted octanol–water partition coefficient (Wildman–Crippen LogP) is 5.86. The summed E-state index contributed by atoms with van der Waals surface area (Å²) in [5.74, 6) is -1.70. The molecule has 4 aromatic rings. The summed E-state index contributed by atoms with van der Waals surface area (Å²) in [6, 6.07) is 12.9. The maximum Gasteiger partial charge on any atom is 0.321 e. The summed E-state index contributed by atoms with van der Waals surface area (Å²) in [5.41, 5.74) is 0.737. The van der Waals surface area contributed by atoms with Gasteiger partial charge in [0.15, 0.2) is 0 Å². The number of methoxy groups -OCH3 is 1. The topological polar surface area (TPSA) is 180 Å². The van der Waals surface area contributed by atoms with Crippen LogP contribution in [0.2, 0.25) is 0 Å². The van der Waals surface area contributed by atoms with Gasteiger partial charge in [-0.3, -0.25) is 14.4 Å². The number of sulfonamides is 1. The first kappa shape index (κ1) is 43.7. The van der Waals surface area contributed by atoms with Crippen molar-refractivity contribution in [1.29, 1.82) is 0 Å². The molecule has 9 rings (SSSR count). The largest absolute Gasteiger partial charge is 0.497 e. The fraction of sp³-hybridized carbons (Fsp3) is 0.489. The number of ether oxygens (including phenoxy) is 2. The fourth-order valence-electron chi connectivity index (χ4n) is 10.1. The Balaban J connectivity index is 1.04. The number of amides is 5. The molecule has 2 aliphatic heterocycles. The lowest BCUT2D eigenvalue weighted by Gasteiger charge is -2.35. The van der Waals surface area contributed by atoms with Crippen molar-refractivity contribution in [3.05, 3.63) is 77.8 Å². The van der Waals surface area contributed by atoms with E-state index in [1.165, 1.54) is 28.0 Å². The van der Waals surface area contributed by atoms with Crippen LogP contribution in [0.5, 0.6) is 11.5 Å². The summed E-state index contributed by atoms with van der Waals surface area (Å²) < 4.78 is 41.2. The van der Waals surface area contributed by atoms with Crippen molar-refractivity contribution in [2.75, 3.05) is 26.7 Å². The highest BCUT2D eigenvalue weighted by atomic mass is 32.2. The van der Waals surface area contributed by atoms with Crippen molar-refractivity contribution in [3.8, 4) is 22.2 Å². The Morgan fingerprint density at radius 2 is 1.77 bits per heavy atom. The minimum absolute atomic E-state index is 0.00182. The number of thiazole rings is 1. The van der Waals surface area contributed by atoms with Gasteiger partial charge in [-0.05, 0) is 75.1 Å². The molecule has 2 aromatic carbocycles.